The second kappa shape index (κ2) is 10.3. The Kier molecular flexibility index (Phi) is 9.03. The number of carbonyl (C=O) groups excluding carboxylic acids is 1. The summed E-state index contributed by atoms with van der Waals surface area (Å²) < 4.78 is 7.42. The van der Waals surface area contributed by atoms with Crippen LogP contribution in [0.4, 0.5) is 4.79 Å². The fraction of sp³-hybridized carbons (Fsp3) is 0.737. The molecule has 1 aliphatic heterocycles. The molecule has 0 aliphatic carbocycles. The van der Waals surface area contributed by atoms with Crippen molar-refractivity contribution in [2.75, 3.05) is 26.7 Å². The molecular formula is C19H35IN6O2. The molecule has 1 amide bonds. The van der Waals surface area contributed by atoms with Crippen LogP contribution in [0.3, 0.4) is 0 Å². The standard InChI is InChI=1S/C19H34N6O2.HI/c1-13(10-25-15(3)8-14(2)23-25)9-21-17(20-7)22-16-11-24(12-16)18(26)27-19(4,5)6;/h8,13,16H,9-12H2,1-7H3,(H2,20,21,22);1H. The van der Waals surface area contributed by atoms with Gasteiger partial charge in [-0.15, -0.1) is 24.0 Å². The lowest BCUT2D eigenvalue weighted by Gasteiger charge is -2.40. The van der Waals surface area contributed by atoms with Gasteiger partial charge in [0.05, 0.1) is 11.7 Å². The maximum atomic E-state index is 12.0. The number of carbonyl (C=O) groups is 1. The minimum absolute atomic E-state index is 0. The number of rotatable bonds is 5. The minimum atomic E-state index is -0.463. The highest BCUT2D eigenvalue weighted by molar-refractivity contribution is 14.0. The summed E-state index contributed by atoms with van der Waals surface area (Å²) >= 11 is 0. The summed E-state index contributed by atoms with van der Waals surface area (Å²) in [5, 5.41) is 11.2. The summed E-state index contributed by atoms with van der Waals surface area (Å²) in [7, 11) is 1.76. The highest BCUT2D eigenvalue weighted by atomic mass is 127. The van der Waals surface area contributed by atoms with Crippen LogP contribution >= 0.6 is 24.0 Å². The Morgan fingerprint density at radius 3 is 2.54 bits per heavy atom. The molecule has 0 radical (unpaired) electrons. The predicted octanol–water partition coefficient (Wildman–Crippen LogP) is 2.54. The zero-order valence-electron chi connectivity index (χ0n) is 18.1. The third-order valence-corrected chi connectivity index (χ3v) is 4.30. The van der Waals surface area contributed by atoms with E-state index in [1.54, 1.807) is 11.9 Å². The van der Waals surface area contributed by atoms with Gasteiger partial charge in [-0.2, -0.15) is 5.10 Å². The Morgan fingerprint density at radius 2 is 2.04 bits per heavy atom. The maximum absolute atomic E-state index is 12.0. The Balaban J connectivity index is 0.00000392. The third-order valence-electron chi connectivity index (χ3n) is 4.30. The van der Waals surface area contributed by atoms with E-state index in [-0.39, 0.29) is 36.1 Å². The number of guanidine groups is 1. The maximum Gasteiger partial charge on any atom is 0.410 e. The van der Waals surface area contributed by atoms with Crippen molar-refractivity contribution in [2.45, 2.75) is 59.7 Å². The van der Waals surface area contributed by atoms with Crippen LogP contribution in [0, 0.1) is 19.8 Å². The summed E-state index contributed by atoms with van der Waals surface area (Å²) in [5.41, 5.74) is 1.76. The number of hydrogen-bond acceptors (Lipinski definition) is 4. The summed E-state index contributed by atoms with van der Waals surface area (Å²) in [5.74, 6) is 1.16. The average molecular weight is 506 g/mol. The van der Waals surface area contributed by atoms with Crippen LogP contribution in [0.25, 0.3) is 0 Å². The van der Waals surface area contributed by atoms with Gasteiger partial charge in [0.15, 0.2) is 5.96 Å². The zero-order chi connectivity index (χ0) is 20.2. The lowest BCUT2D eigenvalue weighted by atomic mass is 10.1. The summed E-state index contributed by atoms with van der Waals surface area (Å²) in [6.07, 6.45) is -0.262. The van der Waals surface area contributed by atoms with Crippen LogP contribution in [0.2, 0.25) is 0 Å². The van der Waals surface area contributed by atoms with Gasteiger partial charge in [0, 0.05) is 38.9 Å². The Labute approximate surface area is 185 Å². The Hall–Kier alpha value is -1.52. The van der Waals surface area contributed by atoms with Crippen molar-refractivity contribution in [1.82, 2.24) is 25.3 Å². The van der Waals surface area contributed by atoms with Gasteiger partial charge >= 0.3 is 6.09 Å². The van der Waals surface area contributed by atoms with E-state index in [1.807, 2.05) is 32.4 Å². The van der Waals surface area contributed by atoms with Crippen molar-refractivity contribution in [3.63, 3.8) is 0 Å². The minimum Gasteiger partial charge on any atom is -0.444 e. The smallest absolute Gasteiger partial charge is 0.410 e. The molecule has 0 spiro atoms. The van der Waals surface area contributed by atoms with Crippen molar-refractivity contribution in [2.24, 2.45) is 10.9 Å². The van der Waals surface area contributed by atoms with Gasteiger partial charge < -0.3 is 20.3 Å². The van der Waals surface area contributed by atoms with Crippen molar-refractivity contribution < 1.29 is 9.53 Å². The van der Waals surface area contributed by atoms with Gasteiger partial charge in [0.25, 0.3) is 0 Å². The first-order valence-corrected chi connectivity index (χ1v) is 9.53. The first-order chi connectivity index (χ1) is 12.6. The van der Waals surface area contributed by atoms with E-state index >= 15 is 0 Å². The molecule has 160 valence electrons. The third kappa shape index (κ3) is 7.48. The lowest BCUT2D eigenvalue weighted by Crippen LogP contribution is -2.63. The number of halogens is 1. The number of aryl methyl sites for hydroxylation is 2. The number of nitrogens with zero attached hydrogens (tertiary/aromatic N) is 4. The van der Waals surface area contributed by atoms with Crippen LogP contribution in [0.15, 0.2) is 11.1 Å². The number of amides is 1. The van der Waals surface area contributed by atoms with E-state index in [0.717, 1.165) is 24.7 Å². The highest BCUT2D eigenvalue weighted by Crippen LogP contribution is 2.15. The molecular weight excluding hydrogens is 471 g/mol. The molecule has 2 N–H and O–H groups in total. The molecule has 1 fully saturated rings. The number of nitrogens with one attached hydrogen (secondary N) is 2. The fourth-order valence-electron chi connectivity index (χ4n) is 2.92. The molecule has 28 heavy (non-hydrogen) atoms. The molecule has 8 nitrogen and oxygen atoms in total. The summed E-state index contributed by atoms with van der Waals surface area (Å²) in [6.45, 7) is 14.8. The number of ether oxygens (including phenoxy) is 1. The molecule has 1 aliphatic rings. The van der Waals surface area contributed by atoms with Gasteiger partial charge in [-0.25, -0.2) is 4.79 Å². The predicted molar refractivity (Wildman–Crippen MR) is 122 cm³/mol. The molecule has 9 heteroatoms. The first-order valence-electron chi connectivity index (χ1n) is 9.53. The van der Waals surface area contributed by atoms with Gasteiger partial charge in [-0.3, -0.25) is 9.67 Å². The Bertz CT molecular complexity index is 676. The quantitative estimate of drug-likeness (QED) is 0.365. The fourth-order valence-corrected chi connectivity index (χ4v) is 2.92. The van der Waals surface area contributed by atoms with E-state index < -0.39 is 5.60 Å². The summed E-state index contributed by atoms with van der Waals surface area (Å²) in [4.78, 5) is 18.0. The number of likely N-dealkylation sites (tertiary alicyclic amines) is 1. The normalized spacial score (nSPS) is 16.1. The van der Waals surface area contributed by atoms with Gasteiger partial charge in [0.1, 0.15) is 5.60 Å². The van der Waals surface area contributed by atoms with Crippen molar-refractivity contribution in [3.8, 4) is 0 Å². The second-order valence-corrected chi connectivity index (χ2v) is 8.39. The first kappa shape index (κ1) is 24.5. The average Bonchev–Trinajstić information content (AvgIpc) is 2.81. The van der Waals surface area contributed by atoms with Crippen LogP contribution in [-0.2, 0) is 11.3 Å². The van der Waals surface area contributed by atoms with E-state index in [0.29, 0.717) is 19.0 Å². The summed E-state index contributed by atoms with van der Waals surface area (Å²) in [6, 6.07) is 2.28. The molecule has 2 rings (SSSR count). The SMILES string of the molecule is CN=C(NCC(C)Cn1nc(C)cc1C)NC1CN(C(=O)OC(C)(C)C)C1.I. The number of aromatic nitrogens is 2. The largest absolute Gasteiger partial charge is 0.444 e. The molecule has 0 bridgehead atoms. The molecule has 1 aromatic heterocycles. The van der Waals surface area contributed by atoms with E-state index in [2.05, 4.69) is 40.6 Å². The topological polar surface area (TPSA) is 83.8 Å². The van der Waals surface area contributed by atoms with Crippen molar-refractivity contribution in [1.29, 1.82) is 0 Å². The van der Waals surface area contributed by atoms with Crippen molar-refractivity contribution >= 4 is 36.0 Å². The number of aliphatic imine (C=N–C) groups is 1. The molecule has 0 aromatic carbocycles. The lowest BCUT2D eigenvalue weighted by molar-refractivity contribution is 0.00701. The van der Waals surface area contributed by atoms with Crippen molar-refractivity contribution in [3.05, 3.63) is 17.5 Å². The molecule has 2 heterocycles. The van der Waals surface area contributed by atoms with Gasteiger partial charge in [0.2, 0.25) is 0 Å². The zero-order valence-corrected chi connectivity index (χ0v) is 20.4. The van der Waals surface area contributed by atoms with Gasteiger partial charge in [-0.05, 0) is 46.6 Å². The van der Waals surface area contributed by atoms with E-state index in [9.17, 15) is 4.79 Å². The second-order valence-electron chi connectivity index (χ2n) is 8.39. The Morgan fingerprint density at radius 1 is 1.39 bits per heavy atom. The number of hydrogen-bond donors (Lipinski definition) is 2. The molecule has 0 saturated carbocycles. The molecule has 1 atom stereocenters. The van der Waals surface area contributed by atoms with Crippen LogP contribution in [0.1, 0.15) is 39.1 Å². The van der Waals surface area contributed by atoms with E-state index in [4.69, 9.17) is 4.74 Å². The molecule has 1 unspecified atom stereocenters. The van der Waals surface area contributed by atoms with Crippen LogP contribution in [0.5, 0.6) is 0 Å². The van der Waals surface area contributed by atoms with Crippen LogP contribution in [-0.4, -0.2) is 65.1 Å². The van der Waals surface area contributed by atoms with E-state index in [1.165, 1.54) is 5.69 Å². The monoisotopic (exact) mass is 506 g/mol. The van der Waals surface area contributed by atoms with Gasteiger partial charge in [-0.1, -0.05) is 6.92 Å². The van der Waals surface area contributed by atoms with Crippen LogP contribution < -0.4 is 10.6 Å². The highest BCUT2D eigenvalue weighted by Gasteiger charge is 2.34. The molecule has 1 aromatic rings. The molecule has 1 saturated heterocycles.